The second-order valence-electron chi connectivity index (χ2n) is 2.10. The minimum Gasteiger partial charge on any atom is -0.481 e. The molecule has 0 aliphatic carbocycles. The van der Waals surface area contributed by atoms with Crippen molar-refractivity contribution in [1.82, 2.24) is 0 Å². The molecule has 60 valence electrons. The summed E-state index contributed by atoms with van der Waals surface area (Å²) < 4.78 is 0. The Balaban J connectivity index is 3.50. The molecule has 10 heavy (non-hydrogen) atoms. The molecular weight excluding hydrogens is 148 g/mol. The van der Waals surface area contributed by atoms with Crippen LogP contribution in [0.5, 0.6) is 0 Å². The summed E-state index contributed by atoms with van der Waals surface area (Å²) >= 11 is 1.69. The van der Waals surface area contributed by atoms with Gasteiger partial charge in [-0.1, -0.05) is 13.8 Å². The van der Waals surface area contributed by atoms with E-state index < -0.39 is 5.97 Å². The van der Waals surface area contributed by atoms with Gasteiger partial charge in [0, 0.05) is 5.75 Å². The van der Waals surface area contributed by atoms with Gasteiger partial charge in [-0.05, 0) is 12.2 Å². The lowest BCUT2D eigenvalue weighted by molar-refractivity contribution is -0.140. The van der Waals surface area contributed by atoms with Crippen molar-refractivity contribution >= 4 is 17.7 Å². The molecule has 0 aromatic carbocycles. The molecule has 0 bridgehead atoms. The molecule has 0 aromatic heterocycles. The third-order valence-electron chi connectivity index (χ3n) is 1.37. The van der Waals surface area contributed by atoms with Crippen LogP contribution < -0.4 is 0 Å². The Morgan fingerprint density at radius 3 is 2.50 bits per heavy atom. The molecule has 0 amide bonds. The molecule has 0 heterocycles. The van der Waals surface area contributed by atoms with Crippen LogP contribution >= 0.6 is 11.8 Å². The molecule has 0 fully saturated rings. The molecule has 1 unspecified atom stereocenters. The molecule has 0 aliphatic rings. The van der Waals surface area contributed by atoms with E-state index in [1.54, 1.807) is 11.8 Å². The number of hydrogen-bond donors (Lipinski definition) is 1. The number of carboxylic acids is 1. The standard InChI is InChI=1S/C7H14O2S/c1-3-6(7(8)9)5-10-4-2/h6H,3-5H2,1-2H3,(H,8,9). The molecule has 0 saturated heterocycles. The van der Waals surface area contributed by atoms with Crippen molar-refractivity contribution in [3.05, 3.63) is 0 Å². The Labute approximate surface area is 66.0 Å². The summed E-state index contributed by atoms with van der Waals surface area (Å²) in [4.78, 5) is 10.4. The molecule has 0 aromatic rings. The number of rotatable bonds is 5. The maximum Gasteiger partial charge on any atom is 0.307 e. The molecule has 0 saturated carbocycles. The first kappa shape index (κ1) is 9.82. The highest BCUT2D eigenvalue weighted by Gasteiger charge is 2.13. The summed E-state index contributed by atoms with van der Waals surface area (Å²) in [6.07, 6.45) is 0.738. The quantitative estimate of drug-likeness (QED) is 0.670. The van der Waals surface area contributed by atoms with Crippen molar-refractivity contribution < 1.29 is 9.90 Å². The molecule has 0 spiro atoms. The van der Waals surface area contributed by atoms with Gasteiger partial charge >= 0.3 is 5.97 Å². The van der Waals surface area contributed by atoms with Crippen LogP contribution in [0.2, 0.25) is 0 Å². The van der Waals surface area contributed by atoms with E-state index in [0.29, 0.717) is 0 Å². The van der Waals surface area contributed by atoms with Gasteiger partial charge in [-0.2, -0.15) is 11.8 Å². The van der Waals surface area contributed by atoms with Crippen LogP contribution in [0.1, 0.15) is 20.3 Å². The van der Waals surface area contributed by atoms with Crippen LogP contribution in [-0.2, 0) is 4.79 Å². The van der Waals surface area contributed by atoms with Crippen LogP contribution in [-0.4, -0.2) is 22.6 Å². The van der Waals surface area contributed by atoms with Gasteiger partial charge in [-0.25, -0.2) is 0 Å². The van der Waals surface area contributed by atoms with Gasteiger partial charge in [0.2, 0.25) is 0 Å². The topological polar surface area (TPSA) is 37.3 Å². The van der Waals surface area contributed by atoms with Gasteiger partial charge in [-0.15, -0.1) is 0 Å². The number of carbonyl (C=O) groups is 1. The fourth-order valence-electron chi connectivity index (χ4n) is 0.624. The van der Waals surface area contributed by atoms with Crippen LogP contribution in [0.25, 0.3) is 0 Å². The lowest BCUT2D eigenvalue weighted by Crippen LogP contribution is -2.14. The van der Waals surface area contributed by atoms with Gasteiger partial charge in [0.1, 0.15) is 0 Å². The molecular formula is C7H14O2S. The Bertz CT molecular complexity index is 104. The average Bonchev–Trinajstić information content (AvgIpc) is 1.89. The van der Waals surface area contributed by atoms with Gasteiger partial charge < -0.3 is 5.11 Å². The predicted molar refractivity (Wildman–Crippen MR) is 44.4 cm³/mol. The number of hydrogen-bond acceptors (Lipinski definition) is 2. The van der Waals surface area contributed by atoms with E-state index >= 15 is 0 Å². The van der Waals surface area contributed by atoms with E-state index in [-0.39, 0.29) is 5.92 Å². The lowest BCUT2D eigenvalue weighted by atomic mass is 10.1. The van der Waals surface area contributed by atoms with E-state index in [1.165, 1.54) is 0 Å². The number of thioether (sulfide) groups is 1. The first-order valence-electron chi connectivity index (χ1n) is 3.52. The van der Waals surface area contributed by atoms with Crippen LogP contribution in [0, 0.1) is 5.92 Å². The summed E-state index contributed by atoms with van der Waals surface area (Å²) in [5, 5.41) is 8.59. The first-order chi connectivity index (χ1) is 4.72. The summed E-state index contributed by atoms with van der Waals surface area (Å²) in [7, 11) is 0. The molecule has 2 nitrogen and oxygen atoms in total. The van der Waals surface area contributed by atoms with Crippen LogP contribution in [0.3, 0.4) is 0 Å². The minimum atomic E-state index is -0.663. The molecule has 0 rings (SSSR count). The van der Waals surface area contributed by atoms with Crippen molar-refractivity contribution in [2.45, 2.75) is 20.3 Å². The summed E-state index contributed by atoms with van der Waals surface area (Å²) in [5.41, 5.74) is 0. The maximum atomic E-state index is 10.4. The molecule has 0 aliphatic heterocycles. The highest BCUT2D eigenvalue weighted by molar-refractivity contribution is 7.99. The SMILES string of the molecule is CCSCC(CC)C(=O)O. The maximum absolute atomic E-state index is 10.4. The van der Waals surface area contributed by atoms with E-state index in [4.69, 9.17) is 5.11 Å². The van der Waals surface area contributed by atoms with Crippen molar-refractivity contribution in [2.24, 2.45) is 5.92 Å². The Kier molecular flexibility index (Phi) is 5.49. The molecule has 3 heteroatoms. The summed E-state index contributed by atoms with van der Waals surface area (Å²) in [5.74, 6) is 0.944. The van der Waals surface area contributed by atoms with E-state index in [1.807, 2.05) is 13.8 Å². The first-order valence-corrected chi connectivity index (χ1v) is 4.68. The summed E-state index contributed by atoms with van der Waals surface area (Å²) in [6, 6.07) is 0. The van der Waals surface area contributed by atoms with Crippen LogP contribution in [0.4, 0.5) is 0 Å². The third kappa shape index (κ3) is 3.77. The summed E-state index contributed by atoms with van der Waals surface area (Å²) in [6.45, 7) is 3.95. The van der Waals surface area contributed by atoms with Gasteiger partial charge in [0.05, 0.1) is 5.92 Å². The van der Waals surface area contributed by atoms with E-state index in [0.717, 1.165) is 17.9 Å². The van der Waals surface area contributed by atoms with Gasteiger partial charge in [0.15, 0.2) is 0 Å². The number of aliphatic carboxylic acids is 1. The van der Waals surface area contributed by atoms with Gasteiger partial charge in [0.25, 0.3) is 0 Å². The predicted octanol–water partition coefficient (Wildman–Crippen LogP) is 1.85. The zero-order valence-corrected chi connectivity index (χ0v) is 7.28. The third-order valence-corrected chi connectivity index (χ3v) is 2.41. The Morgan fingerprint density at radius 1 is 1.60 bits per heavy atom. The van der Waals surface area contributed by atoms with Gasteiger partial charge in [-0.3, -0.25) is 4.79 Å². The largest absolute Gasteiger partial charge is 0.481 e. The molecule has 1 atom stereocenters. The second-order valence-corrected chi connectivity index (χ2v) is 3.42. The normalized spacial score (nSPS) is 13.0. The van der Waals surface area contributed by atoms with Crippen molar-refractivity contribution in [3.8, 4) is 0 Å². The Morgan fingerprint density at radius 2 is 2.20 bits per heavy atom. The molecule has 1 N–H and O–H groups in total. The smallest absolute Gasteiger partial charge is 0.307 e. The van der Waals surface area contributed by atoms with Crippen molar-refractivity contribution in [2.75, 3.05) is 11.5 Å². The van der Waals surface area contributed by atoms with Crippen molar-refractivity contribution in [1.29, 1.82) is 0 Å². The lowest BCUT2D eigenvalue weighted by Gasteiger charge is -2.06. The number of carboxylic acid groups (broad SMARTS) is 1. The fourth-order valence-corrected chi connectivity index (χ4v) is 1.52. The average molecular weight is 162 g/mol. The second kappa shape index (κ2) is 5.59. The van der Waals surface area contributed by atoms with E-state index in [2.05, 4.69) is 0 Å². The van der Waals surface area contributed by atoms with Crippen molar-refractivity contribution in [3.63, 3.8) is 0 Å². The molecule has 0 radical (unpaired) electrons. The van der Waals surface area contributed by atoms with E-state index in [9.17, 15) is 4.79 Å². The van der Waals surface area contributed by atoms with Crippen LogP contribution in [0.15, 0.2) is 0 Å². The zero-order valence-electron chi connectivity index (χ0n) is 6.46. The fraction of sp³-hybridized carbons (Fsp3) is 0.857. The minimum absolute atomic E-state index is 0.148. The monoisotopic (exact) mass is 162 g/mol. The zero-order chi connectivity index (χ0) is 7.98. The highest BCUT2D eigenvalue weighted by Crippen LogP contribution is 2.11. The highest BCUT2D eigenvalue weighted by atomic mass is 32.2. The Hall–Kier alpha value is -0.180.